The summed E-state index contributed by atoms with van der Waals surface area (Å²) in [5.41, 5.74) is 2.09. The fraction of sp³-hybridized carbons (Fsp3) is 0.778. The second-order valence-electron chi connectivity index (χ2n) is 2.57. The Morgan fingerprint density at radius 1 is 1.15 bits per heavy atom. The van der Waals surface area contributed by atoms with E-state index in [1.807, 2.05) is 0 Å². The highest BCUT2D eigenvalue weighted by molar-refractivity contribution is 14.1. The van der Waals surface area contributed by atoms with Crippen LogP contribution in [-0.2, 0) is 8.85 Å². The van der Waals surface area contributed by atoms with Crippen molar-refractivity contribution in [2.75, 3.05) is 17.6 Å². The highest BCUT2D eigenvalue weighted by Crippen LogP contribution is 1.96. The van der Waals surface area contributed by atoms with Crippen LogP contribution in [0.5, 0.6) is 0 Å². The summed E-state index contributed by atoms with van der Waals surface area (Å²) in [4.78, 5) is 0. The second-order valence-corrected chi connectivity index (χ2v) is 5.00. The third-order valence-corrected chi connectivity index (χ3v) is 3.23. The molecule has 4 heteroatoms. The largest absolute Gasteiger partial charge is 0.415 e. The van der Waals surface area contributed by atoms with Crippen molar-refractivity contribution in [3.05, 3.63) is 11.8 Å². The lowest BCUT2D eigenvalue weighted by Crippen LogP contribution is -2.21. The number of halogens is 1. The molecule has 0 aliphatic rings. The van der Waals surface area contributed by atoms with Crippen LogP contribution in [0, 0.1) is 0 Å². The molecule has 0 N–H and O–H groups in total. The Morgan fingerprint density at radius 2 is 1.69 bits per heavy atom. The number of allylic oxidation sites excluding steroid dienone is 1. The fourth-order valence-electron chi connectivity index (χ4n) is 0.684. The topological polar surface area (TPSA) is 18.5 Å². The maximum Gasteiger partial charge on any atom is 0.415 e. The van der Waals surface area contributed by atoms with E-state index in [0.29, 0.717) is 0 Å². The van der Waals surface area contributed by atoms with Gasteiger partial charge < -0.3 is 8.85 Å². The first-order valence-electron chi connectivity index (χ1n) is 4.70. The van der Waals surface area contributed by atoms with Gasteiger partial charge in [-0.15, -0.1) is 0 Å². The fourth-order valence-corrected chi connectivity index (χ4v) is 2.81. The molecular weight excluding hydrogens is 295 g/mol. The normalized spacial score (nSPS) is 11.7. The molecule has 1 radical (unpaired) electrons. The highest BCUT2D eigenvalue weighted by Gasteiger charge is 2.09. The van der Waals surface area contributed by atoms with E-state index in [-0.39, 0.29) is 0 Å². The number of alkyl halides is 1. The molecule has 0 aromatic rings. The Kier molecular flexibility index (Phi) is 11.2. The van der Waals surface area contributed by atoms with Crippen LogP contribution in [0.4, 0.5) is 0 Å². The van der Waals surface area contributed by atoms with Crippen molar-refractivity contribution in [1.82, 2.24) is 0 Å². The zero-order chi connectivity index (χ0) is 9.94. The van der Waals surface area contributed by atoms with Crippen LogP contribution in [0.15, 0.2) is 11.8 Å². The summed E-state index contributed by atoms with van der Waals surface area (Å²) >= 11 is 2.31. The van der Waals surface area contributed by atoms with Crippen LogP contribution in [0.3, 0.4) is 0 Å². The smallest absolute Gasteiger partial charge is 0.390 e. The molecule has 2 nitrogen and oxygen atoms in total. The standard InChI is InChI=1S/C9H18IO2Si/c1-3-7-11-13(9-5-6-10)12-8-4-2/h5,9H,3-4,6-8H2,1-2H3. The van der Waals surface area contributed by atoms with Crippen LogP contribution < -0.4 is 0 Å². The molecule has 0 bridgehead atoms. The van der Waals surface area contributed by atoms with Crippen molar-refractivity contribution in [1.29, 1.82) is 0 Å². The summed E-state index contributed by atoms with van der Waals surface area (Å²) < 4.78 is 12.2. The molecule has 0 spiro atoms. The van der Waals surface area contributed by atoms with Crippen LogP contribution in [0.2, 0.25) is 0 Å². The molecule has 0 atom stereocenters. The molecule has 0 saturated carbocycles. The molecule has 0 heterocycles. The molecule has 77 valence electrons. The van der Waals surface area contributed by atoms with Gasteiger partial charge in [-0.3, -0.25) is 0 Å². The summed E-state index contributed by atoms with van der Waals surface area (Å²) in [6.45, 7) is 5.84. The second kappa shape index (κ2) is 10.7. The molecule has 0 rings (SSSR count). The first-order valence-corrected chi connectivity index (χ1v) is 7.62. The van der Waals surface area contributed by atoms with Gasteiger partial charge in [0.05, 0.1) is 0 Å². The van der Waals surface area contributed by atoms with Gasteiger partial charge in [0.25, 0.3) is 0 Å². The number of hydrogen-bond acceptors (Lipinski definition) is 2. The summed E-state index contributed by atoms with van der Waals surface area (Å²) in [7, 11) is -1.12. The van der Waals surface area contributed by atoms with Gasteiger partial charge in [-0.25, -0.2) is 0 Å². The first-order chi connectivity index (χ1) is 6.35. The highest BCUT2D eigenvalue weighted by atomic mass is 127. The molecule has 0 fully saturated rings. The van der Waals surface area contributed by atoms with Crippen molar-refractivity contribution in [2.45, 2.75) is 26.7 Å². The molecular formula is C9H18IO2Si. The van der Waals surface area contributed by atoms with Gasteiger partial charge in [0.15, 0.2) is 0 Å². The van der Waals surface area contributed by atoms with E-state index in [1.54, 1.807) is 0 Å². The molecule has 0 amide bonds. The lowest BCUT2D eigenvalue weighted by molar-refractivity contribution is 0.206. The lowest BCUT2D eigenvalue weighted by Gasteiger charge is -2.10. The van der Waals surface area contributed by atoms with Crippen LogP contribution in [0.1, 0.15) is 26.7 Å². The number of hydrogen-bond donors (Lipinski definition) is 0. The van der Waals surface area contributed by atoms with Crippen LogP contribution >= 0.6 is 22.6 Å². The SMILES string of the molecule is CCCO[Si](C=CCI)OCCC. The Bertz CT molecular complexity index is 123. The number of rotatable bonds is 8. The average Bonchev–Trinajstić information content (AvgIpc) is 2.17. The Hall–Kier alpha value is 0.607. The van der Waals surface area contributed by atoms with Crippen LogP contribution in [-0.4, -0.2) is 26.9 Å². The van der Waals surface area contributed by atoms with E-state index in [1.165, 1.54) is 0 Å². The van der Waals surface area contributed by atoms with Crippen molar-refractivity contribution < 1.29 is 8.85 Å². The lowest BCUT2D eigenvalue weighted by atomic mass is 10.5. The van der Waals surface area contributed by atoms with Gasteiger partial charge in [-0.05, 0) is 18.5 Å². The Balaban J connectivity index is 3.66. The average molecular weight is 313 g/mol. The Labute approximate surface area is 96.7 Å². The molecule has 0 aromatic carbocycles. The summed E-state index contributed by atoms with van der Waals surface area (Å²) in [5.74, 6) is 0. The predicted octanol–water partition coefficient (Wildman–Crippen LogP) is 2.86. The third-order valence-electron chi connectivity index (χ3n) is 1.24. The van der Waals surface area contributed by atoms with Gasteiger partial charge in [-0.1, -0.05) is 42.5 Å². The molecule has 0 saturated heterocycles. The minimum atomic E-state index is -1.12. The Morgan fingerprint density at radius 3 is 2.08 bits per heavy atom. The van der Waals surface area contributed by atoms with Gasteiger partial charge >= 0.3 is 9.28 Å². The minimum absolute atomic E-state index is 0.809. The van der Waals surface area contributed by atoms with Gasteiger partial charge in [-0.2, -0.15) is 0 Å². The zero-order valence-electron chi connectivity index (χ0n) is 8.38. The van der Waals surface area contributed by atoms with Gasteiger partial charge in [0.2, 0.25) is 0 Å². The maximum absolute atomic E-state index is 5.58. The summed E-state index contributed by atoms with van der Waals surface area (Å²) in [6.07, 6.45) is 4.23. The van der Waals surface area contributed by atoms with Crippen molar-refractivity contribution in [2.24, 2.45) is 0 Å². The molecule has 0 aliphatic heterocycles. The van der Waals surface area contributed by atoms with Crippen molar-refractivity contribution in [3.63, 3.8) is 0 Å². The molecule has 13 heavy (non-hydrogen) atoms. The minimum Gasteiger partial charge on any atom is -0.390 e. The monoisotopic (exact) mass is 313 g/mol. The molecule has 0 aliphatic carbocycles. The summed E-state index contributed by atoms with van der Waals surface area (Å²) in [6, 6.07) is 0. The van der Waals surface area contributed by atoms with Gasteiger partial charge in [0.1, 0.15) is 0 Å². The van der Waals surface area contributed by atoms with E-state index in [2.05, 4.69) is 48.2 Å². The quantitative estimate of drug-likeness (QED) is 0.390. The van der Waals surface area contributed by atoms with E-state index in [9.17, 15) is 0 Å². The van der Waals surface area contributed by atoms with E-state index in [4.69, 9.17) is 8.85 Å². The predicted molar refractivity (Wildman–Crippen MR) is 66.3 cm³/mol. The summed E-state index contributed by atoms with van der Waals surface area (Å²) in [5, 5.41) is 0. The van der Waals surface area contributed by atoms with E-state index < -0.39 is 9.28 Å². The molecule has 0 unspecified atom stereocenters. The molecule has 0 aromatic heterocycles. The van der Waals surface area contributed by atoms with E-state index >= 15 is 0 Å². The van der Waals surface area contributed by atoms with E-state index in [0.717, 1.165) is 30.5 Å². The third kappa shape index (κ3) is 8.92. The van der Waals surface area contributed by atoms with Crippen molar-refractivity contribution in [3.8, 4) is 0 Å². The van der Waals surface area contributed by atoms with Crippen LogP contribution in [0.25, 0.3) is 0 Å². The zero-order valence-corrected chi connectivity index (χ0v) is 11.5. The first kappa shape index (κ1) is 13.6. The van der Waals surface area contributed by atoms with Crippen molar-refractivity contribution >= 4 is 31.9 Å². The maximum atomic E-state index is 5.58. The van der Waals surface area contributed by atoms with Gasteiger partial charge in [0, 0.05) is 17.6 Å².